The third-order valence-electron chi connectivity index (χ3n) is 7.34. The summed E-state index contributed by atoms with van der Waals surface area (Å²) in [7, 11) is 1.69. The van der Waals surface area contributed by atoms with E-state index in [0.29, 0.717) is 11.5 Å². The Kier molecular flexibility index (Phi) is 7.14. The summed E-state index contributed by atoms with van der Waals surface area (Å²) in [4.78, 5) is 0.661. The van der Waals surface area contributed by atoms with Gasteiger partial charge in [0.25, 0.3) is 0 Å². The molecule has 1 aliphatic rings. The molecule has 5 aromatic rings. The van der Waals surface area contributed by atoms with Gasteiger partial charge in [0, 0.05) is 33.5 Å². The van der Waals surface area contributed by atoms with Crippen LogP contribution in [-0.2, 0) is 19.5 Å². The number of halogens is 1. The molecular weight excluding hydrogens is 570 g/mol. The Bertz CT molecular complexity index is 1650. The molecule has 0 spiro atoms. The van der Waals surface area contributed by atoms with Crippen LogP contribution in [0, 0.1) is 6.92 Å². The fraction of sp³-hybridized carbons (Fsp3) is 0.226. The second kappa shape index (κ2) is 10.9. The van der Waals surface area contributed by atoms with Gasteiger partial charge in [0.15, 0.2) is 5.82 Å². The Labute approximate surface area is 242 Å². The van der Waals surface area contributed by atoms with E-state index in [-0.39, 0.29) is 0 Å². The lowest BCUT2D eigenvalue weighted by atomic mass is 9.98. The first-order valence-corrected chi connectivity index (χ1v) is 14.4. The molecule has 39 heavy (non-hydrogen) atoms. The molecule has 3 aromatic carbocycles. The van der Waals surface area contributed by atoms with Crippen LogP contribution in [0.4, 0.5) is 11.4 Å². The molecule has 1 aliphatic heterocycles. The molecule has 8 heteroatoms. The summed E-state index contributed by atoms with van der Waals surface area (Å²) in [5.41, 5.74) is 8.82. The average molecular weight is 601 g/mol. The quantitative estimate of drug-likeness (QED) is 0.188. The molecule has 0 saturated heterocycles. The number of nitrogens with one attached hydrogen (secondary N) is 2. The summed E-state index contributed by atoms with van der Waals surface area (Å²) in [5.74, 6) is 1.83. The molecule has 0 aliphatic carbocycles. The van der Waals surface area contributed by atoms with E-state index in [2.05, 4.69) is 79.0 Å². The second-order valence-corrected chi connectivity index (χ2v) is 11.1. The summed E-state index contributed by atoms with van der Waals surface area (Å²) in [6, 6.07) is 24.7. The molecule has 0 amide bonds. The third kappa shape index (κ3) is 4.94. The Hall–Kier alpha value is -3.62. The molecule has 6 nitrogen and oxygen atoms in total. The summed E-state index contributed by atoms with van der Waals surface area (Å²) in [6.45, 7) is 3.64. The van der Waals surface area contributed by atoms with Crippen LogP contribution in [-0.4, -0.2) is 26.3 Å². The number of ether oxygens (including phenoxy) is 1. The molecule has 0 bridgehead atoms. The van der Waals surface area contributed by atoms with Gasteiger partial charge in [0.2, 0.25) is 0 Å². The van der Waals surface area contributed by atoms with Crippen molar-refractivity contribution in [2.45, 2.75) is 39.3 Å². The number of rotatable bonds is 7. The Morgan fingerprint density at radius 3 is 2.54 bits per heavy atom. The standard InChI is InChI=1S/C31H30BrN5OS/c1-20-7-3-4-9-26(20)34-30(39)29-28(21-10-16-24(38-2)17-11-21)25-8-5-6-18-36-27(35-37(29)31(25)36)19-33-23-14-12-22(32)13-15-23/h3-4,7,9-17,33H,5-6,8,18-19H2,1-2H3,(H,34,39). The smallest absolute Gasteiger partial charge is 0.150 e. The Morgan fingerprint density at radius 2 is 1.79 bits per heavy atom. The van der Waals surface area contributed by atoms with Crippen molar-refractivity contribution in [3.05, 3.63) is 99.9 Å². The van der Waals surface area contributed by atoms with Crippen molar-refractivity contribution in [3.63, 3.8) is 0 Å². The van der Waals surface area contributed by atoms with Crippen LogP contribution >= 0.6 is 28.1 Å². The van der Waals surface area contributed by atoms with E-state index in [1.54, 1.807) is 7.11 Å². The van der Waals surface area contributed by atoms with Crippen LogP contribution in [0.15, 0.2) is 77.3 Å². The van der Waals surface area contributed by atoms with E-state index in [9.17, 15) is 0 Å². The van der Waals surface area contributed by atoms with Gasteiger partial charge in [-0.3, -0.25) is 0 Å². The van der Waals surface area contributed by atoms with Gasteiger partial charge in [-0.15, -0.1) is 0 Å². The zero-order chi connectivity index (χ0) is 26.9. The maximum atomic E-state index is 6.12. The summed E-state index contributed by atoms with van der Waals surface area (Å²) in [6.07, 6.45) is 3.19. The number of para-hydroxylation sites is 1. The lowest BCUT2D eigenvalue weighted by Gasteiger charge is -2.13. The number of methoxy groups -OCH3 is 1. The van der Waals surface area contributed by atoms with Crippen molar-refractivity contribution < 1.29 is 4.74 Å². The van der Waals surface area contributed by atoms with Crippen molar-refractivity contribution >= 4 is 50.2 Å². The molecular formula is C31H30BrN5OS. The Balaban J connectivity index is 1.49. The van der Waals surface area contributed by atoms with Gasteiger partial charge in [0.1, 0.15) is 22.1 Å². The van der Waals surface area contributed by atoms with Crippen LogP contribution < -0.4 is 15.4 Å². The third-order valence-corrected chi connectivity index (χ3v) is 8.17. The number of hydrogen-bond acceptors (Lipinski definition) is 4. The lowest BCUT2D eigenvalue weighted by Crippen LogP contribution is -2.15. The Morgan fingerprint density at radius 1 is 1.03 bits per heavy atom. The molecule has 0 saturated carbocycles. The summed E-state index contributed by atoms with van der Waals surface area (Å²) < 4.78 is 11.0. The minimum Gasteiger partial charge on any atom is -0.497 e. The van der Waals surface area contributed by atoms with Gasteiger partial charge in [-0.25, -0.2) is 4.52 Å². The highest BCUT2D eigenvalue weighted by Crippen LogP contribution is 2.38. The molecule has 2 aromatic heterocycles. The van der Waals surface area contributed by atoms with Crippen LogP contribution in [0.3, 0.4) is 0 Å². The van der Waals surface area contributed by atoms with Crippen molar-refractivity contribution in [1.29, 1.82) is 0 Å². The highest BCUT2D eigenvalue weighted by atomic mass is 79.9. The van der Waals surface area contributed by atoms with Crippen LogP contribution in [0.25, 0.3) is 16.8 Å². The number of hydrogen-bond donors (Lipinski definition) is 2. The predicted molar refractivity (Wildman–Crippen MR) is 166 cm³/mol. The van der Waals surface area contributed by atoms with E-state index < -0.39 is 0 Å². The maximum absolute atomic E-state index is 6.12. The first-order chi connectivity index (χ1) is 19.0. The number of benzene rings is 3. The lowest BCUT2D eigenvalue weighted by molar-refractivity contribution is 0.415. The molecule has 3 heterocycles. The zero-order valence-corrected chi connectivity index (χ0v) is 24.4. The van der Waals surface area contributed by atoms with Crippen LogP contribution in [0.5, 0.6) is 5.75 Å². The summed E-state index contributed by atoms with van der Waals surface area (Å²) in [5, 5.41) is 12.3. The zero-order valence-electron chi connectivity index (χ0n) is 22.0. The molecule has 0 unspecified atom stereocenters. The molecule has 198 valence electrons. The van der Waals surface area contributed by atoms with Gasteiger partial charge in [-0.1, -0.05) is 58.5 Å². The molecule has 0 fully saturated rings. The first-order valence-electron chi connectivity index (χ1n) is 13.2. The van der Waals surface area contributed by atoms with Crippen LogP contribution in [0.2, 0.25) is 0 Å². The van der Waals surface area contributed by atoms with E-state index in [4.69, 9.17) is 22.1 Å². The SMILES string of the molecule is COc1ccc(-c2c3c4n(c(CNc5ccc(Br)cc5)nn4c2C(=S)Nc2ccccc2C)CCCC3)cc1. The largest absolute Gasteiger partial charge is 0.497 e. The van der Waals surface area contributed by atoms with Gasteiger partial charge in [-0.2, -0.15) is 5.10 Å². The second-order valence-electron chi connectivity index (χ2n) is 9.82. The highest BCUT2D eigenvalue weighted by Gasteiger charge is 2.29. The minimum absolute atomic E-state index is 0.623. The number of aryl methyl sites for hydroxylation is 3. The summed E-state index contributed by atoms with van der Waals surface area (Å²) >= 11 is 9.64. The van der Waals surface area contributed by atoms with E-state index in [1.165, 1.54) is 5.56 Å². The topological polar surface area (TPSA) is 55.5 Å². The fourth-order valence-corrected chi connectivity index (χ4v) is 5.92. The fourth-order valence-electron chi connectivity index (χ4n) is 5.36. The van der Waals surface area contributed by atoms with Crippen molar-refractivity contribution in [2.75, 3.05) is 17.7 Å². The molecule has 0 atom stereocenters. The van der Waals surface area contributed by atoms with Crippen LogP contribution in [0.1, 0.15) is 35.5 Å². The van der Waals surface area contributed by atoms with Gasteiger partial charge >= 0.3 is 0 Å². The molecule has 6 rings (SSSR count). The van der Waals surface area contributed by atoms with E-state index in [1.807, 2.05) is 36.4 Å². The maximum Gasteiger partial charge on any atom is 0.150 e. The number of thiocarbonyl (C=S) groups is 1. The number of aromatic nitrogens is 3. The molecule has 2 N–H and O–H groups in total. The van der Waals surface area contributed by atoms with Gasteiger partial charge in [-0.05, 0) is 79.8 Å². The van der Waals surface area contributed by atoms with E-state index in [0.717, 1.165) is 81.3 Å². The van der Waals surface area contributed by atoms with Gasteiger partial charge in [0.05, 0.1) is 13.7 Å². The monoisotopic (exact) mass is 599 g/mol. The van der Waals surface area contributed by atoms with Crippen molar-refractivity contribution in [2.24, 2.45) is 0 Å². The van der Waals surface area contributed by atoms with Gasteiger partial charge < -0.3 is 19.9 Å². The average Bonchev–Trinajstić information content (AvgIpc) is 3.35. The number of anilines is 2. The van der Waals surface area contributed by atoms with Crippen molar-refractivity contribution in [3.8, 4) is 16.9 Å². The highest BCUT2D eigenvalue weighted by molar-refractivity contribution is 9.10. The van der Waals surface area contributed by atoms with E-state index >= 15 is 0 Å². The first kappa shape index (κ1) is 25.6. The predicted octanol–water partition coefficient (Wildman–Crippen LogP) is 7.62. The normalized spacial score (nSPS) is 12.8. The van der Waals surface area contributed by atoms with Crippen molar-refractivity contribution in [1.82, 2.24) is 14.2 Å². The minimum atomic E-state index is 0.623. The number of nitrogens with zero attached hydrogens (tertiary/aromatic N) is 3. The molecule has 0 radical (unpaired) electrons.